The molecule has 32 heavy (non-hydrogen) atoms. The molecule has 2 aromatic carbocycles. The molecule has 0 atom stereocenters. The molecule has 0 aliphatic carbocycles. The van der Waals surface area contributed by atoms with Crippen molar-refractivity contribution in [2.75, 3.05) is 11.1 Å². The first-order valence-electron chi connectivity index (χ1n) is 9.35. The number of fused-ring (bicyclic) bond motifs is 1. The number of hydrogen-bond acceptors (Lipinski definition) is 5. The average molecular weight is 459 g/mol. The van der Waals surface area contributed by atoms with Gasteiger partial charge < -0.3 is 10.3 Å². The van der Waals surface area contributed by atoms with Crippen LogP contribution in [-0.4, -0.2) is 31.2 Å². The van der Waals surface area contributed by atoms with Crippen molar-refractivity contribution in [1.29, 1.82) is 0 Å². The van der Waals surface area contributed by atoms with E-state index in [1.54, 1.807) is 4.57 Å². The molecule has 0 aliphatic heterocycles. The fourth-order valence-corrected chi connectivity index (χ4v) is 3.82. The average Bonchev–Trinajstić information content (AvgIpc) is 3.12. The minimum atomic E-state index is -4.51. The fourth-order valence-electron chi connectivity index (χ4n) is 3.01. The van der Waals surface area contributed by atoms with E-state index in [4.69, 9.17) is 0 Å². The summed E-state index contributed by atoms with van der Waals surface area (Å²) >= 11 is 1.04. The van der Waals surface area contributed by atoms with E-state index in [9.17, 15) is 22.8 Å². The van der Waals surface area contributed by atoms with Crippen molar-refractivity contribution >= 4 is 34.5 Å². The molecule has 4 aromatic rings. The Balaban J connectivity index is 1.59. The predicted octanol–water partition coefficient (Wildman–Crippen LogP) is 4.17. The van der Waals surface area contributed by atoms with Crippen molar-refractivity contribution in [3.63, 3.8) is 0 Å². The maximum absolute atomic E-state index is 12.9. The second kappa shape index (κ2) is 8.50. The Morgan fingerprint density at radius 1 is 1.19 bits per heavy atom. The van der Waals surface area contributed by atoms with Gasteiger partial charge in [0, 0.05) is 11.4 Å². The molecule has 1 amide bonds. The minimum absolute atomic E-state index is 0.0376. The summed E-state index contributed by atoms with van der Waals surface area (Å²) in [4.78, 5) is 35.6. The number of amides is 1. The molecule has 0 bridgehead atoms. The number of carbonyl (C=O) groups is 1. The van der Waals surface area contributed by atoms with Gasteiger partial charge in [-0.1, -0.05) is 35.5 Å². The highest BCUT2D eigenvalue weighted by atomic mass is 32.2. The largest absolute Gasteiger partial charge is 0.416 e. The summed E-state index contributed by atoms with van der Waals surface area (Å²) in [5, 5.41) is 2.81. The number of anilines is 1. The molecule has 2 heterocycles. The van der Waals surface area contributed by atoms with Gasteiger partial charge >= 0.3 is 6.18 Å². The summed E-state index contributed by atoms with van der Waals surface area (Å²) in [5.41, 5.74) is 0.962. The van der Waals surface area contributed by atoms with Gasteiger partial charge in [0.05, 0.1) is 17.6 Å². The van der Waals surface area contributed by atoms with Crippen molar-refractivity contribution in [2.24, 2.45) is 0 Å². The van der Waals surface area contributed by atoms with Crippen LogP contribution in [0.25, 0.3) is 16.9 Å². The monoisotopic (exact) mass is 459 g/mol. The third-order valence-corrected chi connectivity index (χ3v) is 5.46. The van der Waals surface area contributed by atoms with Gasteiger partial charge in [-0.15, -0.1) is 0 Å². The minimum Gasteiger partial charge on any atom is -0.325 e. The number of nitrogens with one attached hydrogen (secondary N) is 2. The zero-order chi connectivity index (χ0) is 22.9. The summed E-state index contributed by atoms with van der Waals surface area (Å²) in [6.07, 6.45) is -3.24. The van der Waals surface area contributed by atoms with E-state index < -0.39 is 23.2 Å². The lowest BCUT2D eigenvalue weighted by Gasteiger charge is -2.10. The fraction of sp³-hybridized carbons (Fsp3) is 0.143. The Bertz CT molecular complexity index is 1350. The second-order valence-corrected chi connectivity index (χ2v) is 7.83. The quantitative estimate of drug-likeness (QED) is 0.437. The van der Waals surface area contributed by atoms with Crippen LogP contribution in [0.5, 0.6) is 0 Å². The molecule has 0 saturated heterocycles. The number of aromatic nitrogens is 4. The summed E-state index contributed by atoms with van der Waals surface area (Å²) in [5.74, 6) is -0.651. The van der Waals surface area contributed by atoms with Crippen LogP contribution in [0.15, 0.2) is 64.8 Å². The summed E-state index contributed by atoms with van der Waals surface area (Å²) in [6, 6.07) is 11.9. The molecule has 0 saturated carbocycles. The van der Waals surface area contributed by atoms with Gasteiger partial charge in [0.15, 0.2) is 16.3 Å². The first-order valence-corrected chi connectivity index (χ1v) is 10.3. The van der Waals surface area contributed by atoms with Crippen LogP contribution >= 0.6 is 11.8 Å². The molecule has 2 aromatic heterocycles. The maximum Gasteiger partial charge on any atom is 0.416 e. The zero-order valence-electron chi connectivity index (χ0n) is 16.6. The van der Waals surface area contributed by atoms with E-state index in [2.05, 4.69) is 20.3 Å². The van der Waals surface area contributed by atoms with Crippen LogP contribution in [0.4, 0.5) is 18.9 Å². The molecular formula is C21H16F3N5O2S. The molecule has 2 N–H and O–H groups in total. The smallest absolute Gasteiger partial charge is 0.325 e. The first-order chi connectivity index (χ1) is 15.2. The first kappa shape index (κ1) is 21.6. The molecule has 0 unspecified atom stereocenters. The Hall–Kier alpha value is -3.60. The van der Waals surface area contributed by atoms with Crippen LogP contribution in [0.3, 0.4) is 0 Å². The Labute approximate surface area is 183 Å². The van der Waals surface area contributed by atoms with E-state index in [0.29, 0.717) is 16.5 Å². The lowest BCUT2D eigenvalue weighted by Crippen LogP contribution is -2.15. The van der Waals surface area contributed by atoms with Crippen LogP contribution in [0, 0.1) is 6.92 Å². The van der Waals surface area contributed by atoms with E-state index in [0.717, 1.165) is 29.5 Å². The van der Waals surface area contributed by atoms with Crippen molar-refractivity contribution in [3.8, 4) is 5.69 Å². The highest BCUT2D eigenvalue weighted by Gasteiger charge is 2.30. The standard InChI is InChI=1S/C21H16F3N5O2S/c1-12-5-7-15(8-6-12)29-18-17(19(31)26-11-25-18)28-20(29)32-10-16(30)27-14-4-2-3-13(9-14)21(22,23)24/h2-9,11H,10H2,1H3,(H,27,30)(H,25,26,31). The summed E-state index contributed by atoms with van der Waals surface area (Å²) < 4.78 is 40.3. The van der Waals surface area contributed by atoms with Gasteiger partial charge in [0.2, 0.25) is 5.91 Å². The van der Waals surface area contributed by atoms with Gasteiger partial charge in [-0.2, -0.15) is 13.2 Å². The molecule has 0 fully saturated rings. The lowest BCUT2D eigenvalue weighted by molar-refractivity contribution is -0.137. The second-order valence-electron chi connectivity index (χ2n) is 6.88. The number of imidazole rings is 1. The molecule has 0 spiro atoms. The molecule has 7 nitrogen and oxygen atoms in total. The number of benzene rings is 2. The van der Waals surface area contributed by atoms with E-state index in [1.165, 1.54) is 18.5 Å². The van der Waals surface area contributed by atoms with Gasteiger partial charge in [0.25, 0.3) is 5.56 Å². The number of rotatable bonds is 5. The molecule has 4 rings (SSSR count). The maximum atomic E-state index is 12.9. The number of hydrogen-bond donors (Lipinski definition) is 2. The Morgan fingerprint density at radius 3 is 2.66 bits per heavy atom. The summed E-state index contributed by atoms with van der Waals surface area (Å²) in [7, 11) is 0. The van der Waals surface area contributed by atoms with E-state index in [-0.39, 0.29) is 17.0 Å². The van der Waals surface area contributed by atoms with Crippen molar-refractivity contribution in [2.45, 2.75) is 18.3 Å². The third-order valence-electron chi connectivity index (χ3n) is 4.52. The van der Waals surface area contributed by atoms with Gasteiger partial charge in [-0.3, -0.25) is 14.2 Å². The van der Waals surface area contributed by atoms with Crippen molar-refractivity contribution in [1.82, 2.24) is 19.5 Å². The molecular weight excluding hydrogens is 443 g/mol. The molecule has 0 radical (unpaired) electrons. The number of aromatic amines is 1. The van der Waals surface area contributed by atoms with Gasteiger partial charge in [0.1, 0.15) is 0 Å². The Kier molecular flexibility index (Phi) is 5.74. The number of alkyl halides is 3. The highest BCUT2D eigenvalue weighted by molar-refractivity contribution is 7.99. The lowest BCUT2D eigenvalue weighted by atomic mass is 10.2. The number of halogens is 3. The normalized spacial score (nSPS) is 11.6. The topological polar surface area (TPSA) is 92.7 Å². The van der Waals surface area contributed by atoms with Crippen LogP contribution < -0.4 is 10.9 Å². The van der Waals surface area contributed by atoms with E-state index in [1.807, 2.05) is 31.2 Å². The van der Waals surface area contributed by atoms with Crippen molar-refractivity contribution < 1.29 is 18.0 Å². The van der Waals surface area contributed by atoms with E-state index >= 15 is 0 Å². The van der Waals surface area contributed by atoms with Gasteiger partial charge in [-0.05, 0) is 37.3 Å². The van der Waals surface area contributed by atoms with Crippen LogP contribution in [0.1, 0.15) is 11.1 Å². The molecule has 0 aliphatic rings. The number of H-pyrrole nitrogens is 1. The SMILES string of the molecule is Cc1ccc(-n2c(SCC(=O)Nc3cccc(C(F)(F)F)c3)nc3c(=O)[nH]cnc32)cc1. The summed E-state index contributed by atoms with van der Waals surface area (Å²) in [6.45, 7) is 1.94. The predicted molar refractivity (Wildman–Crippen MR) is 115 cm³/mol. The molecule has 164 valence electrons. The number of thioether (sulfide) groups is 1. The number of nitrogens with zero attached hydrogens (tertiary/aromatic N) is 3. The highest BCUT2D eigenvalue weighted by Crippen LogP contribution is 2.31. The molecule has 11 heteroatoms. The Morgan fingerprint density at radius 2 is 1.94 bits per heavy atom. The van der Waals surface area contributed by atoms with Gasteiger partial charge in [-0.25, -0.2) is 9.97 Å². The van der Waals surface area contributed by atoms with Crippen LogP contribution in [-0.2, 0) is 11.0 Å². The van der Waals surface area contributed by atoms with Crippen LogP contribution in [0.2, 0.25) is 0 Å². The number of carbonyl (C=O) groups excluding carboxylic acids is 1. The number of aryl methyl sites for hydroxylation is 1. The zero-order valence-corrected chi connectivity index (χ0v) is 17.4. The van der Waals surface area contributed by atoms with Crippen molar-refractivity contribution in [3.05, 3.63) is 76.3 Å². The third kappa shape index (κ3) is 4.52.